The number of allylic oxidation sites excluding steroid dienone is 3. The Labute approximate surface area is 177 Å². The molecule has 29 heavy (non-hydrogen) atoms. The minimum atomic E-state index is -0.488. The molecule has 1 saturated carbocycles. The lowest BCUT2D eigenvalue weighted by Crippen LogP contribution is -2.39. The van der Waals surface area contributed by atoms with Crippen LogP contribution in [0, 0.1) is 5.41 Å². The fourth-order valence-corrected chi connectivity index (χ4v) is 5.19. The van der Waals surface area contributed by atoms with Crippen LogP contribution in [0.2, 0.25) is 5.02 Å². The van der Waals surface area contributed by atoms with E-state index < -0.39 is 5.92 Å². The zero-order valence-corrected chi connectivity index (χ0v) is 18.1. The maximum Gasteiger partial charge on any atom is 0.337 e. The normalized spacial score (nSPS) is 24.4. The van der Waals surface area contributed by atoms with Crippen molar-refractivity contribution < 1.29 is 14.3 Å². The van der Waals surface area contributed by atoms with E-state index in [1.807, 2.05) is 31.2 Å². The molecule has 1 fully saturated rings. The molecule has 154 valence electrons. The Hall–Kier alpha value is -2.07. The third-order valence-electron chi connectivity index (χ3n) is 6.25. The van der Waals surface area contributed by atoms with Gasteiger partial charge in [-0.15, -0.1) is 0 Å². The molecule has 3 aliphatic rings. The van der Waals surface area contributed by atoms with Crippen molar-refractivity contribution in [3.63, 3.8) is 0 Å². The molecule has 1 unspecified atom stereocenters. The fraction of sp³-hybridized carbons (Fsp3) is 0.500. The highest BCUT2D eigenvalue weighted by molar-refractivity contribution is 6.31. The van der Waals surface area contributed by atoms with Crippen LogP contribution in [0.3, 0.4) is 0 Å². The Balaban J connectivity index is 1.80. The van der Waals surface area contributed by atoms with Gasteiger partial charge in [0.15, 0.2) is 5.78 Å². The predicted octanol–water partition coefficient (Wildman–Crippen LogP) is 5.43. The van der Waals surface area contributed by atoms with Crippen LogP contribution in [-0.4, -0.2) is 17.9 Å². The van der Waals surface area contributed by atoms with Gasteiger partial charge in [-0.25, -0.2) is 4.79 Å². The number of halogens is 1. The summed E-state index contributed by atoms with van der Waals surface area (Å²) in [5, 5.41) is 3.93. The van der Waals surface area contributed by atoms with Crippen molar-refractivity contribution >= 4 is 23.4 Å². The van der Waals surface area contributed by atoms with E-state index in [-0.39, 0.29) is 23.3 Å². The molecule has 5 heteroatoms. The predicted molar refractivity (Wildman–Crippen MR) is 113 cm³/mol. The number of Topliss-reactive ketones (excluding diaryl/α,β-unsaturated/α-hetero) is 1. The molecule has 0 bridgehead atoms. The third kappa shape index (κ3) is 3.87. The summed E-state index contributed by atoms with van der Waals surface area (Å²) in [6.45, 7) is 6.10. The zero-order chi connectivity index (χ0) is 20.8. The minimum absolute atomic E-state index is 0.0361. The third-order valence-corrected chi connectivity index (χ3v) is 6.60. The molecule has 2 aliphatic carbocycles. The van der Waals surface area contributed by atoms with Crippen LogP contribution >= 0.6 is 11.6 Å². The molecule has 0 radical (unpaired) electrons. The van der Waals surface area contributed by atoms with Crippen molar-refractivity contribution in [1.29, 1.82) is 0 Å². The van der Waals surface area contributed by atoms with Crippen molar-refractivity contribution in [2.24, 2.45) is 5.41 Å². The summed E-state index contributed by atoms with van der Waals surface area (Å²) in [6.07, 6.45) is 5.17. The van der Waals surface area contributed by atoms with Gasteiger partial charge in [0.1, 0.15) is 6.10 Å². The Morgan fingerprint density at radius 1 is 1.17 bits per heavy atom. The van der Waals surface area contributed by atoms with Gasteiger partial charge in [0.25, 0.3) is 0 Å². The lowest BCUT2D eigenvalue weighted by Gasteiger charge is -2.39. The van der Waals surface area contributed by atoms with Gasteiger partial charge in [0, 0.05) is 34.3 Å². The Morgan fingerprint density at radius 2 is 1.86 bits per heavy atom. The van der Waals surface area contributed by atoms with Crippen LogP contribution in [-0.2, 0) is 14.3 Å². The number of dihydropyridines is 1. The first-order chi connectivity index (χ1) is 13.8. The first-order valence-electron chi connectivity index (χ1n) is 10.5. The number of esters is 1. The summed E-state index contributed by atoms with van der Waals surface area (Å²) in [7, 11) is 0. The van der Waals surface area contributed by atoms with E-state index in [1.165, 1.54) is 0 Å². The van der Waals surface area contributed by atoms with E-state index in [1.54, 1.807) is 0 Å². The summed E-state index contributed by atoms with van der Waals surface area (Å²) >= 11 is 6.55. The standard InChI is InChI=1S/C24H28ClNO3/c1-14-20(23(28)29-15-8-4-5-9-15)21(16-10-6-7-11-17(16)25)22-18(26-14)12-24(2,3)13-19(22)27/h6-7,10-11,15,21,26H,4-5,8-9,12-13H2,1-3H3. The smallest absolute Gasteiger partial charge is 0.337 e. The quantitative estimate of drug-likeness (QED) is 0.671. The number of ether oxygens (including phenoxy) is 1. The van der Waals surface area contributed by atoms with Gasteiger partial charge in [-0.05, 0) is 56.1 Å². The molecule has 0 amide bonds. The first kappa shape index (κ1) is 20.2. The largest absolute Gasteiger partial charge is 0.459 e. The van der Waals surface area contributed by atoms with Crippen LogP contribution in [0.25, 0.3) is 0 Å². The van der Waals surface area contributed by atoms with Crippen molar-refractivity contribution in [3.8, 4) is 0 Å². The highest BCUT2D eigenvalue weighted by Gasteiger charge is 2.44. The maximum atomic E-state index is 13.3. The second-order valence-corrected chi connectivity index (χ2v) is 9.67. The second-order valence-electron chi connectivity index (χ2n) is 9.26. The van der Waals surface area contributed by atoms with E-state index in [9.17, 15) is 9.59 Å². The fourth-order valence-electron chi connectivity index (χ4n) is 4.95. The number of ketones is 1. The van der Waals surface area contributed by atoms with Gasteiger partial charge in [0.05, 0.1) is 5.57 Å². The molecular weight excluding hydrogens is 386 g/mol. The van der Waals surface area contributed by atoms with Crippen LogP contribution in [0.5, 0.6) is 0 Å². The molecule has 1 atom stereocenters. The lowest BCUT2D eigenvalue weighted by molar-refractivity contribution is -0.144. The number of nitrogens with one attached hydrogen (secondary N) is 1. The highest BCUT2D eigenvalue weighted by atomic mass is 35.5. The molecule has 0 aromatic heterocycles. The Morgan fingerprint density at radius 3 is 2.55 bits per heavy atom. The summed E-state index contributed by atoms with van der Waals surface area (Å²) in [5.74, 6) is -0.749. The van der Waals surface area contributed by atoms with Crippen molar-refractivity contribution in [1.82, 2.24) is 5.32 Å². The van der Waals surface area contributed by atoms with Crippen molar-refractivity contribution in [2.45, 2.75) is 71.3 Å². The van der Waals surface area contributed by atoms with Crippen molar-refractivity contribution in [2.75, 3.05) is 0 Å². The zero-order valence-electron chi connectivity index (χ0n) is 17.3. The lowest BCUT2D eigenvalue weighted by atomic mass is 9.68. The van der Waals surface area contributed by atoms with Crippen LogP contribution < -0.4 is 5.32 Å². The summed E-state index contributed by atoms with van der Waals surface area (Å²) in [6, 6.07) is 7.48. The summed E-state index contributed by atoms with van der Waals surface area (Å²) in [5.41, 5.74) is 3.51. The average Bonchev–Trinajstić information content (AvgIpc) is 3.12. The molecule has 1 aromatic rings. The minimum Gasteiger partial charge on any atom is -0.459 e. The molecule has 4 rings (SSSR count). The number of hydrogen-bond donors (Lipinski definition) is 1. The number of hydrogen-bond acceptors (Lipinski definition) is 4. The van der Waals surface area contributed by atoms with Gasteiger partial charge in [-0.1, -0.05) is 43.6 Å². The maximum absolute atomic E-state index is 13.3. The van der Waals surface area contributed by atoms with E-state index in [0.717, 1.165) is 49.1 Å². The van der Waals surface area contributed by atoms with Crippen LogP contribution in [0.4, 0.5) is 0 Å². The Kier molecular flexibility index (Phi) is 5.32. The molecule has 4 nitrogen and oxygen atoms in total. The van der Waals surface area contributed by atoms with E-state index in [2.05, 4.69) is 19.2 Å². The van der Waals surface area contributed by atoms with Gasteiger partial charge < -0.3 is 10.1 Å². The van der Waals surface area contributed by atoms with Crippen LogP contribution in [0.1, 0.15) is 70.8 Å². The van der Waals surface area contributed by atoms with Crippen LogP contribution in [0.15, 0.2) is 46.8 Å². The molecule has 0 saturated heterocycles. The van der Waals surface area contributed by atoms with Gasteiger partial charge in [-0.2, -0.15) is 0 Å². The summed E-state index contributed by atoms with van der Waals surface area (Å²) in [4.78, 5) is 26.5. The second kappa shape index (κ2) is 7.64. The van der Waals surface area contributed by atoms with Gasteiger partial charge in [0.2, 0.25) is 0 Å². The van der Waals surface area contributed by atoms with Crippen molar-refractivity contribution in [3.05, 3.63) is 57.4 Å². The molecule has 1 N–H and O–H groups in total. The van der Waals surface area contributed by atoms with E-state index in [0.29, 0.717) is 22.6 Å². The highest BCUT2D eigenvalue weighted by Crippen LogP contribution is 2.48. The molecule has 1 heterocycles. The average molecular weight is 414 g/mol. The molecule has 1 aliphatic heterocycles. The number of carbonyl (C=O) groups is 2. The molecular formula is C24H28ClNO3. The molecule has 1 aromatic carbocycles. The first-order valence-corrected chi connectivity index (χ1v) is 10.8. The summed E-state index contributed by atoms with van der Waals surface area (Å²) < 4.78 is 5.85. The number of rotatable bonds is 3. The number of benzene rings is 1. The van der Waals surface area contributed by atoms with Gasteiger partial charge >= 0.3 is 5.97 Å². The Bertz CT molecular complexity index is 922. The SMILES string of the molecule is CC1=C(C(=O)OC2CCCC2)C(c2ccccc2Cl)C2=C(CC(C)(C)CC2=O)N1. The van der Waals surface area contributed by atoms with E-state index in [4.69, 9.17) is 16.3 Å². The topological polar surface area (TPSA) is 55.4 Å². The van der Waals surface area contributed by atoms with E-state index >= 15 is 0 Å². The molecule has 0 spiro atoms. The van der Waals surface area contributed by atoms with Gasteiger partial charge in [-0.3, -0.25) is 4.79 Å². The monoisotopic (exact) mass is 413 g/mol. The number of carbonyl (C=O) groups excluding carboxylic acids is 2.